The molecule has 0 saturated heterocycles. The molecule has 3 rings (SSSR count). The first-order valence-electron chi connectivity index (χ1n) is 6.53. The molecule has 0 aliphatic heterocycles. The quantitative estimate of drug-likeness (QED) is 0.570. The molecule has 2 aromatic carbocycles. The van der Waals surface area contributed by atoms with Gasteiger partial charge >= 0.3 is 0 Å². The van der Waals surface area contributed by atoms with Crippen molar-refractivity contribution in [2.24, 2.45) is 5.10 Å². The van der Waals surface area contributed by atoms with Crippen LogP contribution in [0, 0.1) is 0 Å². The number of anilines is 1. The van der Waals surface area contributed by atoms with Crippen molar-refractivity contribution >= 4 is 22.3 Å². The van der Waals surface area contributed by atoms with Crippen molar-refractivity contribution in [2.75, 3.05) is 5.43 Å². The van der Waals surface area contributed by atoms with Crippen LogP contribution in [-0.4, -0.2) is 10.7 Å². The summed E-state index contributed by atoms with van der Waals surface area (Å²) in [5, 5.41) is 6.83. The Balaban J connectivity index is 1.86. The minimum atomic E-state index is 0.743. The number of hydrogen-bond donors (Lipinski definition) is 1. The lowest BCUT2D eigenvalue weighted by Gasteiger charge is -2.04. The fraction of sp³-hybridized carbons (Fsp3) is 0.0588. The third-order valence-corrected chi connectivity index (χ3v) is 3.17. The summed E-state index contributed by atoms with van der Waals surface area (Å²) >= 11 is 0. The Hall–Kier alpha value is -2.68. The Labute approximate surface area is 118 Å². The van der Waals surface area contributed by atoms with Crippen LogP contribution in [0.1, 0.15) is 12.5 Å². The van der Waals surface area contributed by atoms with E-state index in [9.17, 15) is 0 Å². The molecule has 3 aromatic rings. The van der Waals surface area contributed by atoms with E-state index >= 15 is 0 Å². The molecule has 3 nitrogen and oxygen atoms in total. The standard InChI is InChI=1S/C17H15N3/c1-13(19-20-17-8-4-5-11-18-17)15-10-9-14-6-2-3-7-16(14)12-15/h2-12H,1H3,(H,18,20). The van der Waals surface area contributed by atoms with Gasteiger partial charge in [-0.1, -0.05) is 42.5 Å². The van der Waals surface area contributed by atoms with Crippen LogP contribution in [0.3, 0.4) is 0 Å². The van der Waals surface area contributed by atoms with Crippen LogP contribution in [0.2, 0.25) is 0 Å². The molecule has 0 aliphatic rings. The molecule has 0 saturated carbocycles. The van der Waals surface area contributed by atoms with Crippen molar-refractivity contribution in [1.82, 2.24) is 4.98 Å². The van der Waals surface area contributed by atoms with Gasteiger partial charge < -0.3 is 0 Å². The number of benzene rings is 2. The second kappa shape index (κ2) is 5.53. The van der Waals surface area contributed by atoms with Gasteiger partial charge in [0, 0.05) is 6.20 Å². The molecule has 0 unspecified atom stereocenters. The monoisotopic (exact) mass is 261 g/mol. The fourth-order valence-corrected chi connectivity index (χ4v) is 2.05. The molecule has 0 aliphatic carbocycles. The lowest BCUT2D eigenvalue weighted by Crippen LogP contribution is -2.00. The number of nitrogens with zero attached hydrogens (tertiary/aromatic N) is 2. The number of fused-ring (bicyclic) bond motifs is 1. The maximum absolute atomic E-state index is 4.38. The first-order valence-corrected chi connectivity index (χ1v) is 6.53. The van der Waals surface area contributed by atoms with Gasteiger partial charge in [-0.25, -0.2) is 4.98 Å². The van der Waals surface area contributed by atoms with Crippen molar-refractivity contribution < 1.29 is 0 Å². The molecule has 0 bridgehead atoms. The van der Waals surface area contributed by atoms with Gasteiger partial charge in [0.25, 0.3) is 0 Å². The van der Waals surface area contributed by atoms with E-state index in [0.717, 1.165) is 17.1 Å². The summed E-state index contributed by atoms with van der Waals surface area (Å²) in [5.74, 6) is 0.743. The Morgan fingerprint density at radius 3 is 2.55 bits per heavy atom. The summed E-state index contributed by atoms with van der Waals surface area (Å²) < 4.78 is 0. The molecule has 3 heteroatoms. The highest BCUT2D eigenvalue weighted by Crippen LogP contribution is 2.16. The molecular weight excluding hydrogens is 246 g/mol. The third-order valence-electron chi connectivity index (χ3n) is 3.17. The van der Waals surface area contributed by atoms with E-state index in [1.807, 2.05) is 37.3 Å². The first kappa shape index (κ1) is 12.4. The van der Waals surface area contributed by atoms with Gasteiger partial charge in [0.1, 0.15) is 5.82 Å². The lowest BCUT2D eigenvalue weighted by molar-refractivity contribution is 1.22. The van der Waals surface area contributed by atoms with Crippen LogP contribution < -0.4 is 5.43 Å². The predicted octanol–water partition coefficient (Wildman–Crippen LogP) is 4.07. The van der Waals surface area contributed by atoms with Crippen LogP contribution in [-0.2, 0) is 0 Å². The third kappa shape index (κ3) is 2.67. The van der Waals surface area contributed by atoms with Gasteiger partial charge in [0.05, 0.1) is 5.71 Å². The summed E-state index contributed by atoms with van der Waals surface area (Å²) in [6.45, 7) is 1.99. The van der Waals surface area contributed by atoms with Gasteiger partial charge in [-0.2, -0.15) is 5.10 Å². The van der Waals surface area contributed by atoms with E-state index < -0.39 is 0 Å². The Morgan fingerprint density at radius 2 is 1.75 bits per heavy atom. The molecular formula is C17H15N3. The predicted molar refractivity (Wildman–Crippen MR) is 84.0 cm³/mol. The SMILES string of the molecule is CC(=NNc1ccccn1)c1ccc2ccccc2c1. The summed E-state index contributed by atoms with van der Waals surface area (Å²) in [4.78, 5) is 4.18. The van der Waals surface area contributed by atoms with Crippen LogP contribution in [0.5, 0.6) is 0 Å². The Kier molecular flexibility index (Phi) is 3.42. The van der Waals surface area contributed by atoms with Crippen molar-refractivity contribution in [3.63, 3.8) is 0 Å². The maximum Gasteiger partial charge on any atom is 0.146 e. The fourth-order valence-electron chi connectivity index (χ4n) is 2.05. The largest absolute Gasteiger partial charge is 0.261 e. The van der Waals surface area contributed by atoms with Crippen molar-refractivity contribution in [3.8, 4) is 0 Å². The molecule has 0 fully saturated rings. The Morgan fingerprint density at radius 1 is 0.950 bits per heavy atom. The number of rotatable bonds is 3. The molecule has 1 N–H and O–H groups in total. The molecule has 1 heterocycles. The number of hydrazone groups is 1. The number of aromatic nitrogens is 1. The summed E-state index contributed by atoms with van der Waals surface area (Å²) in [7, 11) is 0. The zero-order valence-electron chi connectivity index (χ0n) is 11.2. The molecule has 0 radical (unpaired) electrons. The highest BCUT2D eigenvalue weighted by atomic mass is 15.3. The molecule has 0 atom stereocenters. The van der Waals surface area contributed by atoms with Gasteiger partial charge in [-0.15, -0.1) is 0 Å². The van der Waals surface area contributed by atoms with E-state index in [0.29, 0.717) is 0 Å². The topological polar surface area (TPSA) is 37.3 Å². The van der Waals surface area contributed by atoms with Gasteiger partial charge in [-0.3, -0.25) is 5.43 Å². The number of nitrogens with one attached hydrogen (secondary N) is 1. The van der Waals surface area contributed by atoms with Gasteiger partial charge in [-0.05, 0) is 41.5 Å². The molecule has 0 spiro atoms. The minimum Gasteiger partial charge on any atom is -0.261 e. The second-order valence-electron chi connectivity index (χ2n) is 4.59. The van der Waals surface area contributed by atoms with E-state index in [1.165, 1.54) is 10.8 Å². The lowest BCUT2D eigenvalue weighted by atomic mass is 10.0. The zero-order chi connectivity index (χ0) is 13.8. The van der Waals surface area contributed by atoms with Crippen LogP contribution in [0.4, 0.5) is 5.82 Å². The Bertz CT molecular complexity index is 748. The van der Waals surface area contributed by atoms with Crippen molar-refractivity contribution in [3.05, 3.63) is 72.4 Å². The van der Waals surface area contributed by atoms with Gasteiger partial charge in [0.15, 0.2) is 0 Å². The number of pyridine rings is 1. The normalized spacial score (nSPS) is 11.6. The minimum absolute atomic E-state index is 0.743. The highest BCUT2D eigenvalue weighted by Gasteiger charge is 1.99. The summed E-state index contributed by atoms with van der Waals surface area (Å²) in [5.41, 5.74) is 5.00. The molecule has 1 aromatic heterocycles. The van der Waals surface area contributed by atoms with E-state index in [-0.39, 0.29) is 0 Å². The van der Waals surface area contributed by atoms with Gasteiger partial charge in [0.2, 0.25) is 0 Å². The first-order chi connectivity index (χ1) is 9.83. The zero-order valence-corrected chi connectivity index (χ0v) is 11.2. The summed E-state index contributed by atoms with van der Waals surface area (Å²) in [6, 6.07) is 20.4. The van der Waals surface area contributed by atoms with E-state index in [1.54, 1.807) is 6.20 Å². The van der Waals surface area contributed by atoms with E-state index in [2.05, 4.69) is 45.8 Å². The average Bonchev–Trinajstić information content (AvgIpc) is 2.53. The van der Waals surface area contributed by atoms with Crippen LogP contribution in [0.15, 0.2) is 72.0 Å². The van der Waals surface area contributed by atoms with Crippen molar-refractivity contribution in [1.29, 1.82) is 0 Å². The second-order valence-corrected chi connectivity index (χ2v) is 4.59. The molecule has 0 amide bonds. The number of hydrogen-bond acceptors (Lipinski definition) is 3. The average molecular weight is 261 g/mol. The smallest absolute Gasteiger partial charge is 0.146 e. The highest BCUT2D eigenvalue weighted by molar-refractivity contribution is 6.02. The van der Waals surface area contributed by atoms with Crippen molar-refractivity contribution in [2.45, 2.75) is 6.92 Å². The maximum atomic E-state index is 4.38. The molecule has 98 valence electrons. The van der Waals surface area contributed by atoms with Crippen LogP contribution >= 0.6 is 0 Å². The molecule has 20 heavy (non-hydrogen) atoms. The van der Waals surface area contributed by atoms with Crippen LogP contribution in [0.25, 0.3) is 10.8 Å². The van der Waals surface area contributed by atoms with E-state index in [4.69, 9.17) is 0 Å². The summed E-state index contributed by atoms with van der Waals surface area (Å²) in [6.07, 6.45) is 1.74.